The third-order valence-corrected chi connectivity index (χ3v) is 4.08. The van der Waals surface area contributed by atoms with E-state index in [-0.39, 0.29) is 24.6 Å². The maximum absolute atomic E-state index is 14.0. The van der Waals surface area contributed by atoms with Crippen molar-refractivity contribution in [1.29, 1.82) is 0 Å². The van der Waals surface area contributed by atoms with Crippen molar-refractivity contribution in [2.45, 2.75) is 26.8 Å². The average molecular weight is 360 g/mol. The van der Waals surface area contributed by atoms with Crippen LogP contribution < -0.4 is 4.90 Å². The molecule has 0 bridgehead atoms. The Morgan fingerprint density at radius 3 is 2.31 bits per heavy atom. The van der Waals surface area contributed by atoms with Gasteiger partial charge in [0.1, 0.15) is 11.6 Å². The lowest BCUT2D eigenvalue weighted by molar-refractivity contribution is -0.131. The van der Waals surface area contributed by atoms with Crippen LogP contribution >= 0.6 is 0 Å². The fraction of sp³-hybridized carbons (Fsp3) is 0.300. The van der Waals surface area contributed by atoms with E-state index in [1.807, 2.05) is 37.3 Å². The topological polar surface area (TPSA) is 40.6 Å². The van der Waals surface area contributed by atoms with E-state index in [4.69, 9.17) is 0 Å². The van der Waals surface area contributed by atoms with Crippen molar-refractivity contribution in [2.75, 3.05) is 18.0 Å². The van der Waals surface area contributed by atoms with Gasteiger partial charge in [0, 0.05) is 39.0 Å². The zero-order valence-electron chi connectivity index (χ0n) is 14.9. The minimum absolute atomic E-state index is 0.0298. The monoisotopic (exact) mass is 360 g/mol. The summed E-state index contributed by atoms with van der Waals surface area (Å²) in [6.07, 6.45) is 0.0526. The fourth-order valence-corrected chi connectivity index (χ4v) is 2.69. The summed E-state index contributed by atoms with van der Waals surface area (Å²) in [6, 6.07) is 12.6. The van der Waals surface area contributed by atoms with Gasteiger partial charge in [0.25, 0.3) is 0 Å². The smallest absolute Gasteiger partial charge is 0.224 e. The number of hydrogen-bond acceptors (Lipinski definition) is 2. The van der Waals surface area contributed by atoms with Gasteiger partial charge >= 0.3 is 0 Å². The van der Waals surface area contributed by atoms with Crippen molar-refractivity contribution in [1.82, 2.24) is 4.90 Å². The molecular formula is C20H22F2N2O2. The Labute approximate surface area is 152 Å². The minimum Gasteiger partial charge on any atom is -0.339 e. The maximum Gasteiger partial charge on any atom is 0.224 e. The Morgan fingerprint density at radius 1 is 1.04 bits per heavy atom. The normalized spacial score (nSPS) is 10.5. The van der Waals surface area contributed by atoms with Gasteiger partial charge < -0.3 is 9.80 Å². The Balaban J connectivity index is 2.05. The zero-order valence-corrected chi connectivity index (χ0v) is 14.9. The second kappa shape index (κ2) is 9.08. The molecular weight excluding hydrogens is 338 g/mol. The summed E-state index contributed by atoms with van der Waals surface area (Å²) in [5.74, 6) is -2.09. The Bertz CT molecular complexity index is 766. The number of amides is 2. The molecule has 6 heteroatoms. The first kappa shape index (κ1) is 19.6. The summed E-state index contributed by atoms with van der Waals surface area (Å²) >= 11 is 0. The van der Waals surface area contributed by atoms with Crippen molar-refractivity contribution in [3.8, 4) is 0 Å². The molecule has 2 amide bonds. The Hall–Kier alpha value is -2.76. The van der Waals surface area contributed by atoms with Crippen LogP contribution in [-0.2, 0) is 16.1 Å². The van der Waals surface area contributed by atoms with Crippen LogP contribution in [0.15, 0.2) is 48.5 Å². The molecule has 26 heavy (non-hydrogen) atoms. The van der Waals surface area contributed by atoms with Crippen LogP contribution in [-0.4, -0.2) is 29.8 Å². The number of rotatable bonds is 7. The summed E-state index contributed by atoms with van der Waals surface area (Å²) in [6.45, 7) is 4.19. The van der Waals surface area contributed by atoms with E-state index in [2.05, 4.69) is 0 Å². The SMILES string of the molecule is CCN(Cc1ccccc1)C(=O)CCN(C(C)=O)c1ccc(F)cc1F. The van der Waals surface area contributed by atoms with E-state index in [0.717, 1.165) is 22.6 Å². The summed E-state index contributed by atoms with van der Waals surface area (Å²) in [4.78, 5) is 27.2. The molecule has 0 unspecified atom stereocenters. The molecule has 0 fully saturated rings. The molecule has 0 aliphatic carbocycles. The van der Waals surface area contributed by atoms with Crippen molar-refractivity contribution < 1.29 is 18.4 Å². The van der Waals surface area contributed by atoms with Crippen LogP contribution in [0, 0.1) is 11.6 Å². The predicted molar refractivity (Wildman–Crippen MR) is 96.5 cm³/mol. The number of benzene rings is 2. The van der Waals surface area contributed by atoms with E-state index in [1.54, 1.807) is 4.90 Å². The maximum atomic E-state index is 14.0. The predicted octanol–water partition coefficient (Wildman–Crippen LogP) is 3.76. The van der Waals surface area contributed by atoms with Gasteiger partial charge in [0.2, 0.25) is 11.8 Å². The largest absolute Gasteiger partial charge is 0.339 e. The third-order valence-electron chi connectivity index (χ3n) is 4.08. The van der Waals surface area contributed by atoms with Gasteiger partial charge in [-0.25, -0.2) is 8.78 Å². The number of hydrogen-bond donors (Lipinski definition) is 0. The summed E-state index contributed by atoms with van der Waals surface area (Å²) in [5.41, 5.74) is 0.980. The summed E-state index contributed by atoms with van der Waals surface area (Å²) < 4.78 is 27.0. The van der Waals surface area contributed by atoms with Crippen LogP contribution in [0.4, 0.5) is 14.5 Å². The van der Waals surface area contributed by atoms with Crippen LogP contribution in [0.1, 0.15) is 25.8 Å². The van der Waals surface area contributed by atoms with Gasteiger partial charge in [-0.15, -0.1) is 0 Å². The first-order valence-electron chi connectivity index (χ1n) is 8.47. The van der Waals surface area contributed by atoms with Gasteiger partial charge in [-0.2, -0.15) is 0 Å². The standard InChI is InChI=1S/C20H22F2N2O2/c1-3-23(14-16-7-5-4-6-8-16)20(26)11-12-24(15(2)25)19-10-9-17(21)13-18(19)22/h4-10,13H,3,11-12,14H2,1-2H3. The Kier molecular flexibility index (Phi) is 6.83. The molecule has 2 aromatic rings. The number of carbonyl (C=O) groups is 2. The van der Waals surface area contributed by atoms with Gasteiger partial charge in [0.15, 0.2) is 0 Å². The Morgan fingerprint density at radius 2 is 1.73 bits per heavy atom. The van der Waals surface area contributed by atoms with E-state index >= 15 is 0 Å². The number of nitrogens with zero attached hydrogens (tertiary/aromatic N) is 2. The number of halogens is 2. The van der Waals surface area contributed by atoms with Gasteiger partial charge in [0.05, 0.1) is 5.69 Å². The molecule has 0 saturated carbocycles. The molecule has 0 heterocycles. The van der Waals surface area contributed by atoms with Gasteiger partial charge in [-0.1, -0.05) is 30.3 Å². The van der Waals surface area contributed by atoms with Crippen molar-refractivity contribution >= 4 is 17.5 Å². The van der Waals surface area contributed by atoms with E-state index in [0.29, 0.717) is 13.1 Å². The lowest BCUT2D eigenvalue weighted by Crippen LogP contribution is -2.36. The second-order valence-corrected chi connectivity index (χ2v) is 5.91. The third kappa shape index (κ3) is 5.12. The van der Waals surface area contributed by atoms with Gasteiger partial charge in [-0.3, -0.25) is 9.59 Å². The molecule has 0 aliphatic rings. The first-order valence-corrected chi connectivity index (χ1v) is 8.47. The summed E-state index contributed by atoms with van der Waals surface area (Å²) in [5, 5.41) is 0. The molecule has 0 aliphatic heterocycles. The highest BCUT2D eigenvalue weighted by molar-refractivity contribution is 5.92. The molecule has 0 radical (unpaired) electrons. The molecule has 0 saturated heterocycles. The van der Waals surface area contributed by atoms with Crippen molar-refractivity contribution in [2.24, 2.45) is 0 Å². The van der Waals surface area contributed by atoms with Crippen molar-refractivity contribution in [3.05, 3.63) is 65.7 Å². The highest BCUT2D eigenvalue weighted by Gasteiger charge is 2.19. The highest BCUT2D eigenvalue weighted by Crippen LogP contribution is 2.21. The summed E-state index contributed by atoms with van der Waals surface area (Å²) in [7, 11) is 0. The van der Waals surface area contributed by atoms with E-state index < -0.39 is 17.5 Å². The van der Waals surface area contributed by atoms with Crippen LogP contribution in [0.5, 0.6) is 0 Å². The number of anilines is 1. The second-order valence-electron chi connectivity index (χ2n) is 5.91. The van der Waals surface area contributed by atoms with Crippen LogP contribution in [0.3, 0.4) is 0 Å². The molecule has 2 rings (SSSR count). The van der Waals surface area contributed by atoms with Crippen molar-refractivity contribution in [3.63, 3.8) is 0 Å². The molecule has 2 aromatic carbocycles. The number of carbonyl (C=O) groups excluding carboxylic acids is 2. The highest BCUT2D eigenvalue weighted by atomic mass is 19.1. The molecule has 0 spiro atoms. The molecule has 4 nitrogen and oxygen atoms in total. The zero-order chi connectivity index (χ0) is 19.1. The van der Waals surface area contributed by atoms with E-state index in [1.165, 1.54) is 13.0 Å². The molecule has 0 atom stereocenters. The first-order chi connectivity index (χ1) is 12.4. The molecule has 0 N–H and O–H groups in total. The minimum atomic E-state index is -0.829. The van der Waals surface area contributed by atoms with Crippen LogP contribution in [0.2, 0.25) is 0 Å². The molecule has 0 aromatic heterocycles. The van der Waals surface area contributed by atoms with E-state index in [9.17, 15) is 18.4 Å². The average Bonchev–Trinajstić information content (AvgIpc) is 2.61. The van der Waals surface area contributed by atoms with Gasteiger partial charge in [-0.05, 0) is 24.6 Å². The quantitative estimate of drug-likeness (QED) is 0.754. The lowest BCUT2D eigenvalue weighted by atomic mass is 10.2. The molecule has 138 valence electrons. The lowest BCUT2D eigenvalue weighted by Gasteiger charge is -2.25. The fourth-order valence-electron chi connectivity index (χ4n) is 2.69. The van der Waals surface area contributed by atoms with Crippen LogP contribution in [0.25, 0.3) is 0 Å².